The van der Waals surface area contributed by atoms with Gasteiger partial charge in [0.2, 0.25) is 0 Å². The van der Waals surface area contributed by atoms with Crippen molar-refractivity contribution in [2.45, 2.75) is 0 Å². The van der Waals surface area contributed by atoms with Gasteiger partial charge in [0.25, 0.3) is 0 Å². The van der Waals surface area contributed by atoms with Crippen molar-refractivity contribution in [3.05, 3.63) is 65.0 Å². The molecule has 4 aromatic rings. The normalized spacial score (nSPS) is 11.0. The molecule has 4 rings (SSSR count). The Bertz CT molecular complexity index is 1130. The van der Waals surface area contributed by atoms with E-state index in [-0.39, 0.29) is 5.56 Å². The first-order valence-corrected chi connectivity index (χ1v) is 7.53. The zero-order chi connectivity index (χ0) is 17.4. The summed E-state index contributed by atoms with van der Waals surface area (Å²) in [6, 6.07) is 11.7. The molecular formula is C18H13FN4O2. The summed E-state index contributed by atoms with van der Waals surface area (Å²) in [7, 11) is 1.47. The monoisotopic (exact) mass is 336 g/mol. The SMILES string of the molecule is COc1ccc(-c2cc(-c3ccc4[nH]ncc4c3)nc(=O)[nH]2)c(F)c1. The third-order valence-electron chi connectivity index (χ3n) is 3.95. The Morgan fingerprint density at radius 3 is 2.80 bits per heavy atom. The molecule has 0 aliphatic rings. The summed E-state index contributed by atoms with van der Waals surface area (Å²) >= 11 is 0. The smallest absolute Gasteiger partial charge is 0.345 e. The number of rotatable bonds is 3. The Kier molecular flexibility index (Phi) is 3.53. The van der Waals surface area contributed by atoms with Gasteiger partial charge in [-0.15, -0.1) is 0 Å². The van der Waals surface area contributed by atoms with Crippen LogP contribution in [0.25, 0.3) is 33.4 Å². The number of aromatic nitrogens is 4. The second kappa shape index (κ2) is 5.86. The predicted molar refractivity (Wildman–Crippen MR) is 91.9 cm³/mol. The van der Waals surface area contributed by atoms with Crippen LogP contribution in [0.15, 0.2) is 53.5 Å². The number of halogens is 1. The van der Waals surface area contributed by atoms with E-state index in [1.54, 1.807) is 24.4 Å². The van der Waals surface area contributed by atoms with E-state index in [1.165, 1.54) is 13.2 Å². The average molecular weight is 336 g/mol. The first-order valence-electron chi connectivity index (χ1n) is 7.53. The van der Waals surface area contributed by atoms with E-state index in [0.29, 0.717) is 17.1 Å². The van der Waals surface area contributed by atoms with Gasteiger partial charge in [-0.1, -0.05) is 6.07 Å². The van der Waals surface area contributed by atoms with E-state index in [4.69, 9.17) is 4.74 Å². The molecular weight excluding hydrogens is 323 g/mol. The minimum absolute atomic E-state index is 0.269. The molecule has 0 radical (unpaired) electrons. The second-order valence-corrected chi connectivity index (χ2v) is 5.50. The number of nitrogens with one attached hydrogen (secondary N) is 2. The van der Waals surface area contributed by atoms with Crippen molar-refractivity contribution in [1.29, 1.82) is 0 Å². The fourth-order valence-electron chi connectivity index (χ4n) is 2.69. The number of nitrogens with zero attached hydrogens (tertiary/aromatic N) is 2. The number of aromatic amines is 2. The fraction of sp³-hybridized carbons (Fsp3) is 0.0556. The van der Waals surface area contributed by atoms with E-state index in [1.807, 2.05) is 18.2 Å². The molecule has 2 N–H and O–H groups in total. The van der Waals surface area contributed by atoms with Crippen LogP contribution in [0, 0.1) is 5.82 Å². The first-order chi connectivity index (χ1) is 12.1. The first kappa shape index (κ1) is 15.1. The maximum Gasteiger partial charge on any atom is 0.345 e. The van der Waals surface area contributed by atoms with Gasteiger partial charge < -0.3 is 9.72 Å². The van der Waals surface area contributed by atoms with Gasteiger partial charge in [-0.3, -0.25) is 5.10 Å². The molecule has 6 nitrogen and oxygen atoms in total. The van der Waals surface area contributed by atoms with Gasteiger partial charge in [0.1, 0.15) is 11.6 Å². The Hall–Kier alpha value is -3.48. The number of ether oxygens (including phenoxy) is 1. The van der Waals surface area contributed by atoms with Crippen molar-refractivity contribution in [2.24, 2.45) is 0 Å². The standard InChI is InChI=1S/C18H13FN4O2/c1-25-12-3-4-13(14(19)7-12)17-8-16(21-18(24)22-17)10-2-5-15-11(6-10)9-20-23-15/h2-9H,1H3,(H,20,23)(H,21,22,24). The van der Waals surface area contributed by atoms with E-state index in [0.717, 1.165) is 16.5 Å². The molecule has 124 valence electrons. The predicted octanol–water partition coefficient (Wildman–Crippen LogP) is 3.13. The van der Waals surface area contributed by atoms with Crippen LogP contribution in [0.4, 0.5) is 4.39 Å². The quantitative estimate of drug-likeness (QED) is 0.602. The molecule has 0 amide bonds. The highest BCUT2D eigenvalue weighted by atomic mass is 19.1. The molecule has 0 saturated carbocycles. The lowest BCUT2D eigenvalue weighted by atomic mass is 10.1. The van der Waals surface area contributed by atoms with Crippen LogP contribution in [0.1, 0.15) is 0 Å². The Morgan fingerprint density at radius 2 is 2.00 bits per heavy atom. The van der Waals surface area contributed by atoms with Gasteiger partial charge in [0, 0.05) is 22.6 Å². The number of methoxy groups -OCH3 is 1. The van der Waals surface area contributed by atoms with Gasteiger partial charge >= 0.3 is 5.69 Å². The van der Waals surface area contributed by atoms with Gasteiger partial charge in [0.15, 0.2) is 0 Å². The molecule has 2 aromatic heterocycles. The fourth-order valence-corrected chi connectivity index (χ4v) is 2.69. The molecule has 0 aliphatic carbocycles. The Labute approximate surface area is 141 Å². The van der Waals surface area contributed by atoms with E-state index < -0.39 is 11.5 Å². The largest absolute Gasteiger partial charge is 0.497 e. The number of H-pyrrole nitrogens is 2. The number of hydrogen-bond acceptors (Lipinski definition) is 4. The maximum atomic E-state index is 14.3. The molecule has 2 heterocycles. The third-order valence-corrected chi connectivity index (χ3v) is 3.95. The van der Waals surface area contributed by atoms with Crippen LogP contribution in [-0.2, 0) is 0 Å². The highest BCUT2D eigenvalue weighted by Gasteiger charge is 2.11. The van der Waals surface area contributed by atoms with Crippen molar-refractivity contribution < 1.29 is 9.13 Å². The van der Waals surface area contributed by atoms with Crippen LogP contribution in [0.2, 0.25) is 0 Å². The molecule has 0 spiro atoms. The summed E-state index contributed by atoms with van der Waals surface area (Å²) in [5, 5.41) is 7.74. The summed E-state index contributed by atoms with van der Waals surface area (Å²) in [5.74, 6) is -0.0827. The zero-order valence-corrected chi connectivity index (χ0v) is 13.2. The van der Waals surface area contributed by atoms with E-state index >= 15 is 0 Å². The van der Waals surface area contributed by atoms with Crippen LogP contribution in [0.5, 0.6) is 5.75 Å². The van der Waals surface area contributed by atoms with E-state index in [2.05, 4.69) is 20.2 Å². The number of benzene rings is 2. The highest BCUT2D eigenvalue weighted by Crippen LogP contribution is 2.27. The Balaban J connectivity index is 1.84. The molecule has 7 heteroatoms. The summed E-state index contributed by atoms with van der Waals surface area (Å²) in [6.07, 6.45) is 1.69. The summed E-state index contributed by atoms with van der Waals surface area (Å²) < 4.78 is 19.3. The molecule has 0 bridgehead atoms. The average Bonchev–Trinajstić information content (AvgIpc) is 3.08. The molecule has 0 unspecified atom stereocenters. The Morgan fingerprint density at radius 1 is 1.12 bits per heavy atom. The zero-order valence-electron chi connectivity index (χ0n) is 13.2. The molecule has 2 aromatic carbocycles. The molecule has 0 aliphatic heterocycles. The minimum Gasteiger partial charge on any atom is -0.497 e. The van der Waals surface area contributed by atoms with Crippen LogP contribution < -0.4 is 10.4 Å². The minimum atomic E-state index is -0.546. The summed E-state index contributed by atoms with van der Waals surface area (Å²) in [5.41, 5.74) is 2.16. The lowest BCUT2D eigenvalue weighted by molar-refractivity contribution is 0.411. The molecule has 25 heavy (non-hydrogen) atoms. The second-order valence-electron chi connectivity index (χ2n) is 5.50. The summed E-state index contributed by atoms with van der Waals surface area (Å²) in [6.45, 7) is 0. The molecule has 0 atom stereocenters. The van der Waals surface area contributed by atoms with Crippen molar-refractivity contribution in [1.82, 2.24) is 20.2 Å². The van der Waals surface area contributed by atoms with Gasteiger partial charge in [-0.05, 0) is 30.3 Å². The number of fused-ring (bicyclic) bond motifs is 1. The van der Waals surface area contributed by atoms with Crippen molar-refractivity contribution in [3.63, 3.8) is 0 Å². The lowest BCUT2D eigenvalue weighted by Gasteiger charge is -2.07. The van der Waals surface area contributed by atoms with Gasteiger partial charge in [-0.2, -0.15) is 10.1 Å². The maximum absolute atomic E-state index is 14.3. The van der Waals surface area contributed by atoms with Crippen molar-refractivity contribution in [2.75, 3.05) is 7.11 Å². The number of hydrogen-bond donors (Lipinski definition) is 2. The topological polar surface area (TPSA) is 83.7 Å². The van der Waals surface area contributed by atoms with Gasteiger partial charge in [-0.25, -0.2) is 9.18 Å². The van der Waals surface area contributed by atoms with Crippen molar-refractivity contribution in [3.8, 4) is 28.3 Å². The van der Waals surface area contributed by atoms with Crippen LogP contribution in [0.3, 0.4) is 0 Å². The lowest BCUT2D eigenvalue weighted by Crippen LogP contribution is -2.12. The van der Waals surface area contributed by atoms with Crippen molar-refractivity contribution >= 4 is 10.9 Å². The summed E-state index contributed by atoms with van der Waals surface area (Å²) in [4.78, 5) is 18.5. The van der Waals surface area contributed by atoms with Crippen LogP contribution >= 0.6 is 0 Å². The van der Waals surface area contributed by atoms with Gasteiger partial charge in [0.05, 0.1) is 30.2 Å². The third kappa shape index (κ3) is 2.76. The molecule has 0 fully saturated rings. The van der Waals surface area contributed by atoms with Crippen LogP contribution in [-0.4, -0.2) is 27.3 Å². The van der Waals surface area contributed by atoms with E-state index in [9.17, 15) is 9.18 Å². The highest BCUT2D eigenvalue weighted by molar-refractivity contribution is 5.83. The molecule has 0 saturated heterocycles.